The number of hydrogen-bond acceptors (Lipinski definition) is 5. The first kappa shape index (κ1) is 22.2. The maximum absolute atomic E-state index is 14.7. The van der Waals surface area contributed by atoms with Crippen LogP contribution in [0.15, 0.2) is 35.3 Å². The summed E-state index contributed by atoms with van der Waals surface area (Å²) in [6, 6.07) is 7.62. The van der Waals surface area contributed by atoms with Gasteiger partial charge in [-0.1, -0.05) is 37.6 Å². The van der Waals surface area contributed by atoms with E-state index in [1.165, 1.54) is 10.9 Å². The van der Waals surface area contributed by atoms with Gasteiger partial charge in [0.15, 0.2) is 5.67 Å². The quantitative estimate of drug-likeness (QED) is 0.692. The zero-order valence-electron chi connectivity index (χ0n) is 17.9. The van der Waals surface area contributed by atoms with Gasteiger partial charge in [-0.3, -0.25) is 4.79 Å². The first-order valence-corrected chi connectivity index (χ1v) is 11.3. The van der Waals surface area contributed by atoms with Crippen LogP contribution in [-0.2, 0) is 9.47 Å². The summed E-state index contributed by atoms with van der Waals surface area (Å²) in [7, 11) is 0. The number of nitrogens with zero attached hydrogens (tertiary/aromatic N) is 2. The number of aromatic nitrogens is 2. The summed E-state index contributed by atoms with van der Waals surface area (Å²) in [5.41, 5.74) is 0.101. The van der Waals surface area contributed by atoms with E-state index in [1.807, 2.05) is 24.3 Å². The average Bonchev–Trinajstić information content (AvgIpc) is 3.26. The Morgan fingerprint density at radius 1 is 1.32 bits per heavy atom. The smallest absolute Gasteiger partial charge is 0.292 e. The molecule has 1 aromatic heterocycles. The fraction of sp³-hybridized carbons (Fsp3) is 0.565. The van der Waals surface area contributed by atoms with Gasteiger partial charge in [0.05, 0.1) is 42.9 Å². The second-order valence-corrected chi connectivity index (χ2v) is 9.20. The van der Waals surface area contributed by atoms with Crippen molar-refractivity contribution in [2.75, 3.05) is 25.1 Å². The summed E-state index contributed by atoms with van der Waals surface area (Å²) in [6.45, 7) is 4.98. The van der Waals surface area contributed by atoms with Crippen LogP contribution in [0.25, 0.3) is 5.69 Å². The topological polar surface area (TPSA) is 65.4 Å². The lowest BCUT2D eigenvalue weighted by Crippen LogP contribution is -2.40. The van der Waals surface area contributed by atoms with Crippen molar-refractivity contribution < 1.29 is 13.9 Å². The Balaban J connectivity index is 1.46. The van der Waals surface area contributed by atoms with Gasteiger partial charge in [0.2, 0.25) is 0 Å². The predicted octanol–water partition coefficient (Wildman–Crippen LogP) is 4.69. The number of rotatable bonds is 6. The van der Waals surface area contributed by atoms with Crippen LogP contribution in [0.3, 0.4) is 0 Å². The van der Waals surface area contributed by atoms with Crippen LogP contribution in [0.4, 0.5) is 10.1 Å². The summed E-state index contributed by atoms with van der Waals surface area (Å²) in [4.78, 5) is 12.8. The van der Waals surface area contributed by atoms with Crippen molar-refractivity contribution in [2.24, 2.45) is 5.92 Å². The van der Waals surface area contributed by atoms with Crippen LogP contribution in [0.5, 0.6) is 0 Å². The lowest BCUT2D eigenvalue weighted by Gasteiger charge is -2.29. The fourth-order valence-electron chi connectivity index (χ4n) is 4.18. The Morgan fingerprint density at radius 2 is 2.10 bits per heavy atom. The Morgan fingerprint density at radius 3 is 2.74 bits per heavy atom. The van der Waals surface area contributed by atoms with Gasteiger partial charge in [-0.2, -0.15) is 9.78 Å². The monoisotopic (exact) mass is 449 g/mol. The highest BCUT2D eigenvalue weighted by atomic mass is 35.5. The van der Waals surface area contributed by atoms with E-state index in [-0.39, 0.29) is 30.4 Å². The van der Waals surface area contributed by atoms with E-state index in [2.05, 4.69) is 24.3 Å². The van der Waals surface area contributed by atoms with Gasteiger partial charge in [0, 0.05) is 6.61 Å². The summed E-state index contributed by atoms with van der Waals surface area (Å²) < 4.78 is 27.3. The summed E-state index contributed by atoms with van der Waals surface area (Å²) >= 11 is 6.28. The normalized spacial score (nSPS) is 26.4. The molecule has 1 N–H and O–H groups in total. The second-order valence-electron chi connectivity index (χ2n) is 8.83. The molecule has 0 unspecified atom stereocenters. The molecule has 2 aromatic rings. The van der Waals surface area contributed by atoms with Gasteiger partial charge in [0.1, 0.15) is 5.02 Å². The number of nitrogens with one attached hydrogen (secondary N) is 1. The van der Waals surface area contributed by atoms with E-state index in [0.29, 0.717) is 36.7 Å². The summed E-state index contributed by atoms with van der Waals surface area (Å²) in [5, 5.41) is 7.14. The van der Waals surface area contributed by atoms with Crippen LogP contribution in [0.1, 0.15) is 51.2 Å². The number of alkyl halides is 1. The van der Waals surface area contributed by atoms with E-state index in [9.17, 15) is 9.18 Å². The van der Waals surface area contributed by atoms with Crippen molar-refractivity contribution in [3.63, 3.8) is 0 Å². The molecule has 8 heteroatoms. The van der Waals surface area contributed by atoms with Crippen molar-refractivity contribution in [1.82, 2.24) is 9.78 Å². The van der Waals surface area contributed by atoms with E-state index in [4.69, 9.17) is 21.1 Å². The Kier molecular flexibility index (Phi) is 6.65. The van der Waals surface area contributed by atoms with Crippen molar-refractivity contribution in [3.05, 3.63) is 51.4 Å². The number of anilines is 1. The molecule has 0 saturated carbocycles. The zero-order chi connectivity index (χ0) is 22.0. The molecule has 2 fully saturated rings. The molecule has 168 valence electrons. The van der Waals surface area contributed by atoms with Gasteiger partial charge < -0.3 is 14.8 Å². The Hall–Kier alpha value is -1.96. The maximum Gasteiger partial charge on any atom is 0.292 e. The van der Waals surface area contributed by atoms with Crippen molar-refractivity contribution in [3.8, 4) is 5.69 Å². The van der Waals surface area contributed by atoms with Crippen LogP contribution in [0, 0.1) is 5.92 Å². The molecule has 2 aliphatic heterocycles. The molecule has 2 aliphatic rings. The first-order valence-electron chi connectivity index (χ1n) is 10.9. The molecule has 3 heterocycles. The van der Waals surface area contributed by atoms with E-state index in [0.717, 1.165) is 18.4 Å². The molecule has 4 rings (SSSR count). The van der Waals surface area contributed by atoms with Crippen LogP contribution in [0.2, 0.25) is 5.02 Å². The summed E-state index contributed by atoms with van der Waals surface area (Å²) in [5.74, 6) is 0.499. The van der Waals surface area contributed by atoms with E-state index in [1.54, 1.807) is 0 Å². The minimum Gasteiger partial charge on any atom is -0.379 e. The van der Waals surface area contributed by atoms with E-state index < -0.39 is 11.2 Å². The van der Waals surface area contributed by atoms with Crippen LogP contribution in [-0.4, -0.2) is 41.3 Å². The summed E-state index contributed by atoms with van der Waals surface area (Å²) in [6.07, 6.45) is 4.96. The number of halogens is 2. The van der Waals surface area contributed by atoms with Crippen molar-refractivity contribution in [1.29, 1.82) is 0 Å². The van der Waals surface area contributed by atoms with Gasteiger partial charge in [-0.15, -0.1) is 0 Å². The van der Waals surface area contributed by atoms with Crippen molar-refractivity contribution in [2.45, 2.75) is 57.4 Å². The number of hydrogen-bond donors (Lipinski definition) is 1. The van der Waals surface area contributed by atoms with Gasteiger partial charge in [0.25, 0.3) is 5.56 Å². The highest BCUT2D eigenvalue weighted by molar-refractivity contribution is 6.32. The molecule has 0 radical (unpaired) electrons. The molecule has 2 saturated heterocycles. The molecule has 31 heavy (non-hydrogen) atoms. The molecule has 6 nitrogen and oxygen atoms in total. The third-order valence-corrected chi connectivity index (χ3v) is 6.46. The highest BCUT2D eigenvalue weighted by Gasteiger charge is 2.33. The molecule has 3 atom stereocenters. The SMILES string of the molecule is CC(C)[C@H]1CC[C@@H](c2ccc(-n3ncc(NC[C@@]4(F)CCCOC4)c(Cl)c3=O)cc2)O1. The first-order chi connectivity index (χ1) is 14.9. The van der Waals surface area contributed by atoms with Gasteiger partial charge in [-0.25, -0.2) is 4.39 Å². The molecule has 1 aromatic carbocycles. The van der Waals surface area contributed by atoms with Gasteiger partial charge >= 0.3 is 0 Å². The Bertz CT molecular complexity index is 958. The molecule has 0 amide bonds. The largest absolute Gasteiger partial charge is 0.379 e. The molecule has 0 bridgehead atoms. The van der Waals surface area contributed by atoms with Crippen LogP contribution >= 0.6 is 11.6 Å². The van der Waals surface area contributed by atoms with Gasteiger partial charge in [-0.05, 0) is 49.3 Å². The maximum atomic E-state index is 14.7. The number of ether oxygens (including phenoxy) is 2. The minimum absolute atomic E-state index is 0.0155. The second kappa shape index (κ2) is 9.27. The number of benzene rings is 1. The third-order valence-electron chi connectivity index (χ3n) is 6.09. The molecule has 0 aliphatic carbocycles. The molecular weight excluding hydrogens is 421 g/mol. The molecule has 0 spiro atoms. The highest BCUT2D eigenvalue weighted by Crippen LogP contribution is 2.35. The zero-order valence-corrected chi connectivity index (χ0v) is 18.7. The lowest BCUT2D eigenvalue weighted by molar-refractivity contribution is -0.0234. The average molecular weight is 450 g/mol. The third kappa shape index (κ3) is 4.94. The molecular formula is C23H29ClFN3O3. The predicted molar refractivity (Wildman–Crippen MR) is 119 cm³/mol. The lowest BCUT2D eigenvalue weighted by atomic mass is 9.99. The van der Waals surface area contributed by atoms with E-state index >= 15 is 0 Å². The Labute approximate surface area is 186 Å². The standard InChI is InChI=1S/C23H29ClFN3O3/c1-15(2)19-8-9-20(31-19)16-4-6-17(7-5-16)28-22(29)21(24)18(12-27-28)26-13-23(25)10-3-11-30-14-23/h4-7,12,15,19-20,26H,3,8-11,13-14H2,1-2H3/t19-,20+,23+/m1/s1. The van der Waals surface area contributed by atoms with Crippen molar-refractivity contribution >= 4 is 17.3 Å². The fourth-order valence-corrected chi connectivity index (χ4v) is 4.38. The minimum atomic E-state index is -1.47. The van der Waals surface area contributed by atoms with Crippen LogP contribution < -0.4 is 10.9 Å².